The zero-order valence-electron chi connectivity index (χ0n) is 20.2. The molecular weight excluding hydrogens is 406 g/mol. The van der Waals surface area contributed by atoms with Crippen LogP contribution in [0.15, 0.2) is 18.2 Å². The molecule has 0 spiro atoms. The summed E-state index contributed by atoms with van der Waals surface area (Å²) >= 11 is 0. The van der Waals surface area contributed by atoms with E-state index in [0.717, 1.165) is 36.1 Å². The molecule has 1 heterocycles. The number of aliphatic hydroxyl groups excluding tert-OH is 1. The van der Waals surface area contributed by atoms with Crippen molar-refractivity contribution in [1.82, 2.24) is 15.5 Å². The molecule has 0 radical (unpaired) electrons. The average Bonchev–Trinajstić information content (AvgIpc) is 2.76. The van der Waals surface area contributed by atoms with Crippen LogP contribution >= 0.6 is 0 Å². The normalized spacial score (nSPS) is 17.4. The zero-order chi connectivity index (χ0) is 23.5. The van der Waals surface area contributed by atoms with Gasteiger partial charge < -0.3 is 20.5 Å². The summed E-state index contributed by atoms with van der Waals surface area (Å²) in [6.07, 6.45) is 3.89. The number of carbonyl (C=O) groups excluding carboxylic acids is 2. The van der Waals surface area contributed by atoms with Crippen molar-refractivity contribution in [3.05, 3.63) is 29.3 Å². The van der Waals surface area contributed by atoms with Gasteiger partial charge in [-0.1, -0.05) is 26.0 Å². The second kappa shape index (κ2) is 13.4. The SMILES string of the molecule is CC(C)[C@@H](CO)NC(=O)CCc1ccc2c(c1)CN(C(C)C)CC(=O)NCCCCCO2. The molecule has 1 aromatic carbocycles. The maximum absolute atomic E-state index is 12.4. The van der Waals surface area contributed by atoms with Crippen molar-refractivity contribution in [2.45, 2.75) is 78.4 Å². The molecule has 0 saturated carbocycles. The standard InChI is InChI=1S/C25H41N3O4/c1-18(2)22(17-29)27-24(30)11-9-20-8-10-23-21(14-20)15-28(19(3)4)16-25(31)26-12-6-5-7-13-32-23/h8,10,14,18-19,22,29H,5-7,9,11-13,15-17H2,1-4H3,(H,26,31)(H,27,30)/t22-/m1/s1. The Hall–Kier alpha value is -2.12. The second-order valence-electron chi connectivity index (χ2n) is 9.30. The maximum Gasteiger partial charge on any atom is 0.234 e. The average molecular weight is 448 g/mol. The molecular formula is C25H41N3O4. The fraction of sp³-hybridized carbons (Fsp3) is 0.680. The first-order chi connectivity index (χ1) is 15.3. The van der Waals surface area contributed by atoms with Gasteiger partial charge in [0.25, 0.3) is 0 Å². The molecule has 0 bridgehead atoms. The summed E-state index contributed by atoms with van der Waals surface area (Å²) in [5.74, 6) is 1.03. The Balaban J connectivity index is 2.13. The van der Waals surface area contributed by atoms with E-state index in [1.165, 1.54) is 0 Å². The summed E-state index contributed by atoms with van der Waals surface area (Å²) in [6.45, 7) is 10.4. The third-order valence-electron chi connectivity index (χ3n) is 5.96. The summed E-state index contributed by atoms with van der Waals surface area (Å²) in [5, 5.41) is 15.4. The fourth-order valence-electron chi connectivity index (χ4n) is 3.71. The lowest BCUT2D eigenvalue weighted by Gasteiger charge is -2.27. The van der Waals surface area contributed by atoms with Crippen LogP contribution in [0.25, 0.3) is 0 Å². The first-order valence-corrected chi connectivity index (χ1v) is 12.0. The minimum Gasteiger partial charge on any atom is -0.493 e. The molecule has 2 amide bonds. The number of nitrogens with zero attached hydrogens (tertiary/aromatic N) is 1. The highest BCUT2D eigenvalue weighted by Gasteiger charge is 2.19. The van der Waals surface area contributed by atoms with Crippen LogP contribution in [0.4, 0.5) is 0 Å². The molecule has 0 aliphatic carbocycles. The van der Waals surface area contributed by atoms with Crippen molar-refractivity contribution < 1.29 is 19.4 Å². The number of rotatable bonds is 7. The van der Waals surface area contributed by atoms with Crippen molar-refractivity contribution in [1.29, 1.82) is 0 Å². The minimum atomic E-state index is -0.220. The van der Waals surface area contributed by atoms with Gasteiger partial charge >= 0.3 is 0 Å². The van der Waals surface area contributed by atoms with Gasteiger partial charge in [0.05, 0.1) is 25.8 Å². The first kappa shape index (κ1) is 26.1. The summed E-state index contributed by atoms with van der Waals surface area (Å²) < 4.78 is 6.09. The number of amides is 2. The van der Waals surface area contributed by atoms with Crippen LogP contribution in [-0.2, 0) is 22.6 Å². The fourth-order valence-corrected chi connectivity index (χ4v) is 3.71. The van der Waals surface area contributed by atoms with Crippen LogP contribution in [0.2, 0.25) is 0 Å². The summed E-state index contributed by atoms with van der Waals surface area (Å²) in [7, 11) is 0. The topological polar surface area (TPSA) is 90.9 Å². The van der Waals surface area contributed by atoms with E-state index in [9.17, 15) is 14.7 Å². The van der Waals surface area contributed by atoms with Gasteiger partial charge in [0.2, 0.25) is 11.8 Å². The Labute approximate surface area is 192 Å². The van der Waals surface area contributed by atoms with E-state index in [1.807, 2.05) is 26.0 Å². The molecule has 0 fully saturated rings. The number of hydrogen-bond acceptors (Lipinski definition) is 5. The van der Waals surface area contributed by atoms with E-state index in [1.54, 1.807) is 0 Å². The van der Waals surface area contributed by atoms with Crippen LogP contribution in [0.1, 0.15) is 64.5 Å². The molecule has 1 atom stereocenters. The van der Waals surface area contributed by atoms with E-state index < -0.39 is 0 Å². The molecule has 7 heteroatoms. The first-order valence-electron chi connectivity index (χ1n) is 12.0. The third kappa shape index (κ3) is 8.79. The number of benzene rings is 1. The van der Waals surface area contributed by atoms with Crippen molar-refractivity contribution in [3.8, 4) is 5.75 Å². The molecule has 0 unspecified atom stereocenters. The van der Waals surface area contributed by atoms with Crippen molar-refractivity contribution in [2.75, 3.05) is 26.3 Å². The lowest BCUT2D eigenvalue weighted by molar-refractivity contribution is -0.123. The monoisotopic (exact) mass is 447 g/mol. The number of carbonyl (C=O) groups is 2. The van der Waals surface area contributed by atoms with E-state index in [-0.39, 0.29) is 36.4 Å². The summed E-state index contributed by atoms with van der Waals surface area (Å²) in [6, 6.07) is 6.09. The molecule has 0 saturated heterocycles. The quantitative estimate of drug-likeness (QED) is 0.598. The molecule has 32 heavy (non-hydrogen) atoms. The number of ether oxygens (including phenoxy) is 1. The van der Waals surface area contributed by atoms with Gasteiger partial charge in [-0.05, 0) is 57.1 Å². The van der Waals surface area contributed by atoms with E-state index in [0.29, 0.717) is 39.1 Å². The summed E-state index contributed by atoms with van der Waals surface area (Å²) in [5.41, 5.74) is 2.10. The molecule has 0 aromatic heterocycles. The molecule has 3 N–H and O–H groups in total. The van der Waals surface area contributed by atoms with E-state index in [4.69, 9.17) is 4.74 Å². The molecule has 7 nitrogen and oxygen atoms in total. The van der Waals surface area contributed by atoms with E-state index in [2.05, 4.69) is 35.4 Å². The van der Waals surface area contributed by atoms with Gasteiger partial charge in [0.1, 0.15) is 5.75 Å². The van der Waals surface area contributed by atoms with Crippen LogP contribution in [0, 0.1) is 5.92 Å². The molecule has 2 rings (SSSR count). The Morgan fingerprint density at radius 3 is 2.66 bits per heavy atom. The summed E-state index contributed by atoms with van der Waals surface area (Å²) in [4.78, 5) is 26.9. The Morgan fingerprint density at radius 2 is 1.97 bits per heavy atom. The molecule has 1 aliphatic rings. The Kier molecular flexibility index (Phi) is 11.0. The van der Waals surface area contributed by atoms with Gasteiger partial charge in [-0.3, -0.25) is 14.5 Å². The highest BCUT2D eigenvalue weighted by Crippen LogP contribution is 2.24. The largest absolute Gasteiger partial charge is 0.493 e. The number of aliphatic hydroxyl groups is 1. The number of nitrogens with one attached hydrogen (secondary N) is 2. The van der Waals surface area contributed by atoms with E-state index >= 15 is 0 Å². The van der Waals surface area contributed by atoms with Crippen LogP contribution < -0.4 is 15.4 Å². The van der Waals surface area contributed by atoms with Crippen LogP contribution in [0.3, 0.4) is 0 Å². The predicted octanol–water partition coefficient (Wildman–Crippen LogP) is 2.64. The van der Waals surface area contributed by atoms with Gasteiger partial charge in [-0.25, -0.2) is 0 Å². The minimum absolute atomic E-state index is 0.0526. The zero-order valence-corrected chi connectivity index (χ0v) is 20.2. The highest BCUT2D eigenvalue weighted by atomic mass is 16.5. The van der Waals surface area contributed by atoms with Crippen molar-refractivity contribution in [2.24, 2.45) is 5.92 Å². The van der Waals surface area contributed by atoms with Crippen LogP contribution in [0.5, 0.6) is 5.75 Å². The third-order valence-corrected chi connectivity index (χ3v) is 5.96. The van der Waals surface area contributed by atoms with Crippen molar-refractivity contribution in [3.63, 3.8) is 0 Å². The molecule has 1 aliphatic heterocycles. The van der Waals surface area contributed by atoms with Gasteiger partial charge in [0.15, 0.2) is 0 Å². The van der Waals surface area contributed by atoms with Gasteiger partial charge in [0, 0.05) is 31.1 Å². The molecule has 180 valence electrons. The highest BCUT2D eigenvalue weighted by molar-refractivity contribution is 5.78. The van der Waals surface area contributed by atoms with Gasteiger partial charge in [-0.2, -0.15) is 0 Å². The smallest absolute Gasteiger partial charge is 0.234 e. The predicted molar refractivity (Wildman–Crippen MR) is 127 cm³/mol. The number of aryl methyl sites for hydroxylation is 1. The lowest BCUT2D eigenvalue weighted by atomic mass is 10.0. The van der Waals surface area contributed by atoms with Crippen molar-refractivity contribution >= 4 is 11.8 Å². The van der Waals surface area contributed by atoms with Crippen LogP contribution in [-0.4, -0.2) is 60.2 Å². The Morgan fingerprint density at radius 1 is 1.19 bits per heavy atom. The maximum atomic E-state index is 12.4. The molecule has 1 aromatic rings. The Bertz CT molecular complexity index is 736. The number of fused-ring (bicyclic) bond motifs is 1. The van der Waals surface area contributed by atoms with Gasteiger partial charge in [-0.15, -0.1) is 0 Å². The lowest BCUT2D eigenvalue weighted by Crippen LogP contribution is -2.41. The second-order valence-corrected chi connectivity index (χ2v) is 9.30. The number of hydrogen-bond donors (Lipinski definition) is 3.